The SMILES string of the molecule is CC1OC1N1CCNC1N[N+](=O)[O-]. The van der Waals surface area contributed by atoms with Crippen molar-refractivity contribution in [2.45, 2.75) is 25.5 Å². The van der Waals surface area contributed by atoms with E-state index >= 15 is 0 Å². The summed E-state index contributed by atoms with van der Waals surface area (Å²) in [5.41, 5.74) is 2.19. The third kappa shape index (κ3) is 1.71. The molecule has 0 saturated carbocycles. The van der Waals surface area contributed by atoms with Crippen molar-refractivity contribution in [1.29, 1.82) is 0 Å². The molecule has 3 atom stereocenters. The number of ether oxygens (including phenoxy) is 1. The summed E-state index contributed by atoms with van der Waals surface area (Å²) in [7, 11) is 0. The fourth-order valence-corrected chi connectivity index (χ4v) is 1.59. The molecule has 74 valence electrons. The second kappa shape index (κ2) is 3.09. The van der Waals surface area contributed by atoms with Crippen molar-refractivity contribution in [3.63, 3.8) is 0 Å². The largest absolute Gasteiger partial charge is 0.353 e. The number of rotatable bonds is 3. The van der Waals surface area contributed by atoms with E-state index in [4.69, 9.17) is 4.74 Å². The van der Waals surface area contributed by atoms with Crippen LogP contribution in [0.15, 0.2) is 0 Å². The molecule has 2 aliphatic heterocycles. The zero-order valence-corrected chi connectivity index (χ0v) is 7.27. The zero-order valence-electron chi connectivity index (χ0n) is 7.27. The summed E-state index contributed by atoms with van der Waals surface area (Å²) in [5.74, 6) is 0. The van der Waals surface area contributed by atoms with Crippen molar-refractivity contribution in [1.82, 2.24) is 15.6 Å². The van der Waals surface area contributed by atoms with E-state index in [2.05, 4.69) is 10.7 Å². The minimum Gasteiger partial charge on any atom is -0.353 e. The number of epoxide rings is 1. The van der Waals surface area contributed by atoms with E-state index in [0.717, 1.165) is 13.1 Å². The van der Waals surface area contributed by atoms with Crippen LogP contribution in [0.4, 0.5) is 0 Å². The van der Waals surface area contributed by atoms with Gasteiger partial charge in [-0.25, -0.2) is 15.0 Å². The van der Waals surface area contributed by atoms with Gasteiger partial charge >= 0.3 is 0 Å². The number of hydrogen-bond acceptors (Lipinski definition) is 5. The van der Waals surface area contributed by atoms with Crippen LogP contribution in [-0.4, -0.2) is 41.6 Å². The number of nitrogens with one attached hydrogen (secondary N) is 2. The van der Waals surface area contributed by atoms with Gasteiger partial charge in [-0.1, -0.05) is 0 Å². The van der Waals surface area contributed by atoms with E-state index in [0.29, 0.717) is 0 Å². The Hall–Kier alpha value is -0.920. The maximum Gasteiger partial charge on any atom is 0.194 e. The first kappa shape index (κ1) is 8.67. The molecular weight excluding hydrogens is 176 g/mol. The van der Waals surface area contributed by atoms with Crippen LogP contribution in [0.1, 0.15) is 6.92 Å². The normalized spacial score (nSPS) is 39.0. The predicted molar refractivity (Wildman–Crippen MR) is 43.0 cm³/mol. The quantitative estimate of drug-likeness (QED) is 0.325. The summed E-state index contributed by atoms with van der Waals surface area (Å²) in [6.45, 7) is 3.48. The molecule has 2 fully saturated rings. The number of nitro groups is 1. The molecule has 0 amide bonds. The highest BCUT2D eigenvalue weighted by Gasteiger charge is 2.45. The van der Waals surface area contributed by atoms with E-state index in [1.165, 1.54) is 0 Å². The summed E-state index contributed by atoms with van der Waals surface area (Å²) >= 11 is 0. The lowest BCUT2D eigenvalue weighted by atomic mass is 10.4. The third-order valence-electron chi connectivity index (χ3n) is 2.27. The Balaban J connectivity index is 1.90. The number of hydrogen-bond donors (Lipinski definition) is 2. The fraction of sp³-hybridized carbons (Fsp3) is 1.00. The predicted octanol–water partition coefficient (Wildman–Crippen LogP) is -1.30. The van der Waals surface area contributed by atoms with Gasteiger partial charge in [-0.2, -0.15) is 0 Å². The van der Waals surface area contributed by atoms with Crippen LogP contribution in [0.3, 0.4) is 0 Å². The summed E-state index contributed by atoms with van der Waals surface area (Å²) in [6, 6.07) is 0. The van der Waals surface area contributed by atoms with Gasteiger partial charge in [-0.3, -0.25) is 5.32 Å². The molecule has 0 spiro atoms. The average Bonchev–Trinajstić information content (AvgIpc) is 2.60. The molecule has 0 radical (unpaired) electrons. The van der Waals surface area contributed by atoms with Gasteiger partial charge in [0.25, 0.3) is 0 Å². The van der Waals surface area contributed by atoms with Crippen molar-refractivity contribution in [3.05, 3.63) is 10.1 Å². The summed E-state index contributed by atoms with van der Waals surface area (Å²) in [6.07, 6.45) is -0.173. The maximum absolute atomic E-state index is 10.2. The molecule has 7 nitrogen and oxygen atoms in total. The Kier molecular flexibility index (Phi) is 2.06. The van der Waals surface area contributed by atoms with Crippen LogP contribution in [0.25, 0.3) is 0 Å². The molecule has 0 aliphatic carbocycles. The smallest absolute Gasteiger partial charge is 0.194 e. The average molecular weight is 188 g/mol. The first-order valence-corrected chi connectivity index (χ1v) is 4.23. The van der Waals surface area contributed by atoms with Crippen molar-refractivity contribution < 1.29 is 9.77 Å². The van der Waals surface area contributed by atoms with E-state index in [-0.39, 0.29) is 12.3 Å². The first-order chi connectivity index (χ1) is 6.18. The Morgan fingerprint density at radius 2 is 2.46 bits per heavy atom. The number of hydrazine groups is 1. The first-order valence-electron chi connectivity index (χ1n) is 4.23. The van der Waals surface area contributed by atoms with Gasteiger partial charge in [0.15, 0.2) is 11.3 Å². The summed E-state index contributed by atoms with van der Waals surface area (Å²) < 4.78 is 5.24. The van der Waals surface area contributed by atoms with E-state index in [1.807, 2.05) is 11.8 Å². The lowest BCUT2D eigenvalue weighted by molar-refractivity contribution is -0.556. The topological polar surface area (TPSA) is 83.0 Å². The standard InChI is InChI=1S/C6H12N4O3/c1-4-5(13-4)9-3-2-7-6(9)8-10(11)12/h4-8H,2-3H2,1H3. The molecule has 0 aromatic carbocycles. The van der Waals surface area contributed by atoms with Crippen molar-refractivity contribution in [2.24, 2.45) is 0 Å². The fourth-order valence-electron chi connectivity index (χ4n) is 1.59. The van der Waals surface area contributed by atoms with E-state index in [1.54, 1.807) is 0 Å². The van der Waals surface area contributed by atoms with Crippen LogP contribution < -0.4 is 10.7 Å². The van der Waals surface area contributed by atoms with Crippen LogP contribution in [0.5, 0.6) is 0 Å². The second-order valence-electron chi connectivity index (χ2n) is 3.21. The van der Waals surface area contributed by atoms with Gasteiger partial charge < -0.3 is 4.74 Å². The van der Waals surface area contributed by atoms with Gasteiger partial charge in [0, 0.05) is 13.1 Å². The Bertz CT molecular complexity index is 224. The van der Waals surface area contributed by atoms with Crippen molar-refractivity contribution in [2.75, 3.05) is 13.1 Å². The van der Waals surface area contributed by atoms with Gasteiger partial charge in [0.05, 0.1) is 6.10 Å². The molecule has 2 saturated heterocycles. The minimum absolute atomic E-state index is 0.0347. The monoisotopic (exact) mass is 188 g/mol. The molecule has 0 bridgehead atoms. The molecule has 0 aromatic heterocycles. The number of nitrogens with zero attached hydrogens (tertiary/aromatic N) is 2. The zero-order chi connectivity index (χ0) is 9.42. The van der Waals surface area contributed by atoms with Crippen LogP contribution in [0.2, 0.25) is 0 Å². The molecule has 2 N–H and O–H groups in total. The van der Waals surface area contributed by atoms with Crippen LogP contribution >= 0.6 is 0 Å². The van der Waals surface area contributed by atoms with Gasteiger partial charge in [0.2, 0.25) is 0 Å². The highest BCUT2D eigenvalue weighted by molar-refractivity contribution is 4.87. The van der Waals surface area contributed by atoms with Gasteiger partial charge in [0.1, 0.15) is 6.23 Å². The molecular formula is C6H12N4O3. The van der Waals surface area contributed by atoms with Gasteiger partial charge in [-0.05, 0) is 6.92 Å². The van der Waals surface area contributed by atoms with E-state index < -0.39 is 11.3 Å². The van der Waals surface area contributed by atoms with Gasteiger partial charge in [-0.15, -0.1) is 5.43 Å². The Morgan fingerprint density at radius 3 is 3.00 bits per heavy atom. The van der Waals surface area contributed by atoms with Crippen LogP contribution in [0, 0.1) is 10.1 Å². The van der Waals surface area contributed by atoms with E-state index in [9.17, 15) is 10.1 Å². The molecule has 2 heterocycles. The maximum atomic E-state index is 10.2. The lowest BCUT2D eigenvalue weighted by Crippen LogP contribution is -2.51. The van der Waals surface area contributed by atoms with Crippen LogP contribution in [-0.2, 0) is 4.74 Å². The highest BCUT2D eigenvalue weighted by atomic mass is 16.7. The Morgan fingerprint density at radius 1 is 1.77 bits per heavy atom. The summed E-state index contributed by atoms with van der Waals surface area (Å²) in [4.78, 5) is 12.1. The summed E-state index contributed by atoms with van der Waals surface area (Å²) in [5, 5.41) is 12.6. The molecule has 2 aliphatic rings. The van der Waals surface area contributed by atoms with Crippen molar-refractivity contribution >= 4 is 0 Å². The third-order valence-corrected chi connectivity index (χ3v) is 2.27. The molecule has 2 rings (SSSR count). The molecule has 13 heavy (non-hydrogen) atoms. The highest BCUT2D eigenvalue weighted by Crippen LogP contribution is 2.27. The second-order valence-corrected chi connectivity index (χ2v) is 3.21. The lowest BCUT2D eigenvalue weighted by Gasteiger charge is -2.18. The Labute approximate surface area is 75.1 Å². The minimum atomic E-state index is -0.539. The molecule has 0 aromatic rings. The van der Waals surface area contributed by atoms with Crippen molar-refractivity contribution in [3.8, 4) is 0 Å². The molecule has 3 unspecified atom stereocenters. The molecule has 7 heteroatoms.